The Morgan fingerprint density at radius 2 is 1.47 bits per heavy atom. The summed E-state index contributed by atoms with van der Waals surface area (Å²) in [5, 5.41) is 5.00. The van der Waals surface area contributed by atoms with Crippen molar-refractivity contribution in [3.63, 3.8) is 0 Å². The third kappa shape index (κ3) is 3.98. The van der Waals surface area contributed by atoms with E-state index in [2.05, 4.69) is 57.9 Å². The molecule has 5 heteroatoms. The van der Waals surface area contributed by atoms with E-state index in [9.17, 15) is 0 Å². The van der Waals surface area contributed by atoms with Gasteiger partial charge in [-0.05, 0) is 58.2 Å². The van der Waals surface area contributed by atoms with Crippen LogP contribution in [0.3, 0.4) is 0 Å². The Morgan fingerprint density at radius 3 is 2.13 bits per heavy atom. The Balaban J connectivity index is 1.89. The Kier molecular flexibility index (Phi) is 5.91. The number of halogens is 1. The van der Waals surface area contributed by atoms with Crippen molar-refractivity contribution in [2.45, 2.75) is 13.5 Å². The summed E-state index contributed by atoms with van der Waals surface area (Å²) in [6, 6.07) is 24.4. The number of benzene rings is 3. The van der Waals surface area contributed by atoms with Crippen LogP contribution in [0.4, 0.5) is 0 Å². The predicted octanol–water partition coefficient (Wildman–Crippen LogP) is 6.35. The fraction of sp³-hybridized carbons (Fsp3) is 0.160. The average molecular weight is 463 g/mol. The fourth-order valence-electron chi connectivity index (χ4n) is 3.50. The minimum Gasteiger partial charge on any atom is -0.497 e. The van der Waals surface area contributed by atoms with Gasteiger partial charge in [-0.15, -0.1) is 0 Å². The second kappa shape index (κ2) is 8.76. The number of rotatable bonds is 6. The first-order valence-electron chi connectivity index (χ1n) is 9.70. The molecule has 0 amide bonds. The van der Waals surface area contributed by atoms with E-state index in [1.54, 1.807) is 14.2 Å². The molecular weight excluding hydrogens is 440 g/mol. The molecule has 0 saturated heterocycles. The highest BCUT2D eigenvalue weighted by molar-refractivity contribution is 9.10. The minimum absolute atomic E-state index is 0.668. The molecule has 30 heavy (non-hydrogen) atoms. The van der Waals surface area contributed by atoms with Gasteiger partial charge in [-0.2, -0.15) is 5.10 Å². The van der Waals surface area contributed by atoms with Crippen LogP contribution in [-0.4, -0.2) is 24.0 Å². The van der Waals surface area contributed by atoms with Crippen LogP contribution in [0.25, 0.3) is 22.5 Å². The maximum absolute atomic E-state index is 5.45. The minimum atomic E-state index is 0.668. The topological polar surface area (TPSA) is 36.3 Å². The van der Waals surface area contributed by atoms with Crippen LogP contribution in [0.15, 0.2) is 77.3 Å². The normalized spacial score (nSPS) is 10.8. The molecule has 0 aliphatic heterocycles. The summed E-state index contributed by atoms with van der Waals surface area (Å²) in [7, 11) is 3.35. The van der Waals surface area contributed by atoms with Gasteiger partial charge in [0.15, 0.2) is 0 Å². The van der Waals surface area contributed by atoms with Crippen molar-refractivity contribution in [1.29, 1.82) is 0 Å². The number of hydrogen-bond donors (Lipinski definition) is 0. The molecular formula is C25H23BrN2O2. The van der Waals surface area contributed by atoms with E-state index < -0.39 is 0 Å². The van der Waals surface area contributed by atoms with E-state index in [4.69, 9.17) is 14.6 Å². The summed E-state index contributed by atoms with van der Waals surface area (Å²) in [5.41, 5.74) is 6.39. The lowest BCUT2D eigenvalue weighted by molar-refractivity contribution is 0.415. The molecule has 4 aromatic rings. The number of nitrogens with zero attached hydrogens (tertiary/aromatic N) is 2. The largest absolute Gasteiger partial charge is 0.497 e. The highest BCUT2D eigenvalue weighted by atomic mass is 79.9. The van der Waals surface area contributed by atoms with Crippen LogP contribution < -0.4 is 9.47 Å². The molecule has 0 N–H and O–H groups in total. The van der Waals surface area contributed by atoms with Gasteiger partial charge in [0.2, 0.25) is 0 Å². The molecule has 1 heterocycles. The first-order chi connectivity index (χ1) is 14.6. The third-order valence-corrected chi connectivity index (χ3v) is 5.91. The van der Waals surface area contributed by atoms with Gasteiger partial charge in [0.1, 0.15) is 17.2 Å². The molecule has 0 radical (unpaired) electrons. The van der Waals surface area contributed by atoms with Gasteiger partial charge in [0.05, 0.1) is 30.9 Å². The highest BCUT2D eigenvalue weighted by Crippen LogP contribution is 2.38. The van der Waals surface area contributed by atoms with Crippen molar-refractivity contribution in [2.24, 2.45) is 0 Å². The smallest absolute Gasteiger partial charge is 0.119 e. The molecule has 0 aliphatic rings. The molecule has 4 rings (SSSR count). The summed E-state index contributed by atoms with van der Waals surface area (Å²) >= 11 is 3.84. The van der Waals surface area contributed by atoms with Crippen molar-refractivity contribution >= 4 is 15.9 Å². The van der Waals surface area contributed by atoms with E-state index in [0.717, 1.165) is 38.5 Å². The molecule has 1 aromatic heterocycles. The summed E-state index contributed by atoms with van der Waals surface area (Å²) in [6.45, 7) is 2.80. The van der Waals surface area contributed by atoms with E-state index in [1.165, 1.54) is 11.1 Å². The number of aryl methyl sites for hydroxylation is 1. The first-order valence-corrected chi connectivity index (χ1v) is 10.5. The van der Waals surface area contributed by atoms with E-state index >= 15 is 0 Å². The van der Waals surface area contributed by atoms with Crippen molar-refractivity contribution < 1.29 is 9.47 Å². The summed E-state index contributed by atoms with van der Waals surface area (Å²) in [4.78, 5) is 0. The van der Waals surface area contributed by atoms with Crippen molar-refractivity contribution in [3.8, 4) is 34.0 Å². The number of hydrogen-bond acceptors (Lipinski definition) is 3. The second-order valence-electron chi connectivity index (χ2n) is 7.06. The monoisotopic (exact) mass is 462 g/mol. The quantitative estimate of drug-likeness (QED) is 0.334. The lowest BCUT2D eigenvalue weighted by atomic mass is 10.1. The number of ether oxygens (including phenoxy) is 2. The highest BCUT2D eigenvalue weighted by Gasteiger charge is 2.20. The number of methoxy groups -OCH3 is 2. The predicted molar refractivity (Wildman–Crippen MR) is 124 cm³/mol. The molecule has 0 saturated carbocycles. The fourth-order valence-corrected chi connectivity index (χ4v) is 4.25. The molecule has 0 unspecified atom stereocenters. The SMILES string of the molecule is COc1cccc(-c2nn(Cc3ccccc3C)c(-c3cccc(OC)c3)c2Br)c1. The Hall–Kier alpha value is -3.05. The average Bonchev–Trinajstić information content (AvgIpc) is 3.11. The van der Waals surface area contributed by atoms with Gasteiger partial charge in [-0.1, -0.05) is 48.5 Å². The van der Waals surface area contributed by atoms with Crippen molar-refractivity contribution in [1.82, 2.24) is 9.78 Å². The summed E-state index contributed by atoms with van der Waals surface area (Å²) in [6.07, 6.45) is 0. The Labute approximate surface area is 185 Å². The van der Waals surface area contributed by atoms with E-state index in [-0.39, 0.29) is 0 Å². The van der Waals surface area contributed by atoms with Crippen LogP contribution in [0.5, 0.6) is 11.5 Å². The zero-order valence-electron chi connectivity index (χ0n) is 17.2. The lowest BCUT2D eigenvalue weighted by Crippen LogP contribution is -2.05. The lowest BCUT2D eigenvalue weighted by Gasteiger charge is -2.11. The van der Waals surface area contributed by atoms with Crippen LogP contribution >= 0.6 is 15.9 Å². The summed E-state index contributed by atoms with van der Waals surface area (Å²) < 4.78 is 13.9. The molecule has 0 bridgehead atoms. The first kappa shape index (κ1) is 20.2. The van der Waals surface area contributed by atoms with E-state index in [1.807, 2.05) is 42.5 Å². The molecule has 0 spiro atoms. The van der Waals surface area contributed by atoms with Crippen molar-refractivity contribution in [3.05, 3.63) is 88.4 Å². The van der Waals surface area contributed by atoms with Crippen molar-refractivity contribution in [2.75, 3.05) is 14.2 Å². The van der Waals surface area contributed by atoms with Gasteiger partial charge < -0.3 is 9.47 Å². The maximum atomic E-state index is 5.45. The van der Waals surface area contributed by atoms with Crippen LogP contribution in [0.1, 0.15) is 11.1 Å². The Morgan fingerprint density at radius 1 is 0.833 bits per heavy atom. The van der Waals surface area contributed by atoms with Crippen LogP contribution in [0, 0.1) is 6.92 Å². The molecule has 3 aromatic carbocycles. The number of aromatic nitrogens is 2. The van der Waals surface area contributed by atoms with Gasteiger partial charge in [0, 0.05) is 11.1 Å². The zero-order chi connectivity index (χ0) is 21.1. The summed E-state index contributed by atoms with van der Waals surface area (Å²) in [5.74, 6) is 1.61. The maximum Gasteiger partial charge on any atom is 0.119 e. The van der Waals surface area contributed by atoms with Gasteiger partial charge in [-0.3, -0.25) is 4.68 Å². The third-order valence-electron chi connectivity index (χ3n) is 5.16. The Bertz CT molecular complexity index is 1180. The molecule has 4 nitrogen and oxygen atoms in total. The molecule has 0 atom stereocenters. The zero-order valence-corrected chi connectivity index (χ0v) is 18.8. The van der Waals surface area contributed by atoms with Gasteiger partial charge >= 0.3 is 0 Å². The standard InChI is InChI=1S/C25H23BrN2O2/c1-17-8-4-5-9-20(17)16-28-25(19-11-7-13-22(15-19)30-3)23(26)24(27-28)18-10-6-12-21(14-18)29-2/h4-15H,16H2,1-3H3. The van der Waals surface area contributed by atoms with Crippen LogP contribution in [0.2, 0.25) is 0 Å². The molecule has 0 aliphatic carbocycles. The van der Waals surface area contributed by atoms with Gasteiger partial charge in [0.25, 0.3) is 0 Å². The molecule has 0 fully saturated rings. The van der Waals surface area contributed by atoms with E-state index in [0.29, 0.717) is 6.54 Å². The molecule has 152 valence electrons. The van der Waals surface area contributed by atoms with Gasteiger partial charge in [-0.25, -0.2) is 0 Å². The second-order valence-corrected chi connectivity index (χ2v) is 7.85. The van der Waals surface area contributed by atoms with Crippen LogP contribution in [-0.2, 0) is 6.54 Å².